The summed E-state index contributed by atoms with van der Waals surface area (Å²) in [4.78, 5) is 28.4. The van der Waals surface area contributed by atoms with Crippen LogP contribution in [0.2, 0.25) is 0 Å². The molecule has 1 aromatic carbocycles. The molecule has 0 fully saturated rings. The van der Waals surface area contributed by atoms with E-state index >= 15 is 0 Å². The van der Waals surface area contributed by atoms with Crippen LogP contribution in [0.3, 0.4) is 0 Å². The first-order valence-electron chi connectivity index (χ1n) is 6.54. The predicted octanol–water partition coefficient (Wildman–Crippen LogP) is 1.84. The van der Waals surface area contributed by atoms with Crippen molar-refractivity contribution < 1.29 is 9.18 Å². The van der Waals surface area contributed by atoms with Crippen molar-refractivity contribution in [1.29, 1.82) is 0 Å². The van der Waals surface area contributed by atoms with Gasteiger partial charge in [-0.25, -0.2) is 4.39 Å². The van der Waals surface area contributed by atoms with Crippen LogP contribution in [-0.4, -0.2) is 15.5 Å². The van der Waals surface area contributed by atoms with Gasteiger partial charge in [-0.15, -0.1) is 0 Å². The molecule has 0 saturated carbocycles. The zero-order chi connectivity index (χ0) is 15.9. The number of aromatic nitrogens is 2. The summed E-state index contributed by atoms with van der Waals surface area (Å²) in [6.07, 6.45) is 1.53. The van der Waals surface area contributed by atoms with E-state index in [1.807, 2.05) is 0 Å². The fourth-order valence-electron chi connectivity index (χ4n) is 2.52. The smallest absolute Gasteiger partial charge is 0.266 e. The molecule has 110 valence electrons. The van der Waals surface area contributed by atoms with E-state index in [2.05, 4.69) is 4.98 Å². The highest BCUT2D eigenvalue weighted by Crippen LogP contribution is 2.29. The van der Waals surface area contributed by atoms with Gasteiger partial charge in [0.25, 0.3) is 11.5 Å². The Morgan fingerprint density at radius 1 is 1.23 bits per heavy atom. The van der Waals surface area contributed by atoms with Crippen molar-refractivity contribution in [3.63, 3.8) is 0 Å². The van der Waals surface area contributed by atoms with Gasteiger partial charge in [0.1, 0.15) is 11.5 Å². The number of primary amides is 1. The number of hydrogen-bond donors (Lipinski definition) is 1. The van der Waals surface area contributed by atoms with Crippen LogP contribution in [0.5, 0.6) is 0 Å². The molecule has 0 aliphatic rings. The summed E-state index contributed by atoms with van der Waals surface area (Å²) in [5.74, 6) is -1.14. The molecule has 0 atom stereocenters. The summed E-state index contributed by atoms with van der Waals surface area (Å²) < 4.78 is 14.4. The van der Waals surface area contributed by atoms with Gasteiger partial charge in [0, 0.05) is 18.8 Å². The normalized spacial score (nSPS) is 10.8. The summed E-state index contributed by atoms with van der Waals surface area (Å²) in [5, 5.41) is 0.370. The number of carbonyl (C=O) groups excluding carboxylic acids is 1. The Kier molecular flexibility index (Phi) is 3.21. The van der Waals surface area contributed by atoms with Crippen LogP contribution in [-0.2, 0) is 7.05 Å². The minimum Gasteiger partial charge on any atom is -0.364 e. The topological polar surface area (TPSA) is 78.0 Å². The molecule has 0 spiro atoms. The predicted molar refractivity (Wildman–Crippen MR) is 80.9 cm³/mol. The maximum atomic E-state index is 13.2. The molecule has 2 heterocycles. The number of hydrogen-bond acceptors (Lipinski definition) is 3. The number of nitrogens with two attached hydrogens (primary N) is 1. The Labute approximate surface area is 124 Å². The maximum absolute atomic E-state index is 13.2. The van der Waals surface area contributed by atoms with Crippen molar-refractivity contribution in [2.24, 2.45) is 12.8 Å². The average Bonchev–Trinajstić information content (AvgIpc) is 2.51. The molecule has 0 unspecified atom stereocenters. The van der Waals surface area contributed by atoms with E-state index in [4.69, 9.17) is 5.73 Å². The Morgan fingerprint density at radius 2 is 1.91 bits per heavy atom. The average molecular weight is 297 g/mol. The summed E-state index contributed by atoms with van der Waals surface area (Å²) >= 11 is 0. The van der Waals surface area contributed by atoms with Gasteiger partial charge in [-0.1, -0.05) is 12.1 Å². The zero-order valence-electron chi connectivity index (χ0n) is 11.7. The molecule has 0 saturated heterocycles. The lowest BCUT2D eigenvalue weighted by atomic mass is 10.00. The highest BCUT2D eigenvalue weighted by Gasteiger charge is 2.20. The minimum atomic E-state index is -0.744. The van der Waals surface area contributed by atoms with Gasteiger partial charge in [0.2, 0.25) is 0 Å². The van der Waals surface area contributed by atoms with Crippen LogP contribution in [0.1, 0.15) is 10.5 Å². The first-order valence-corrected chi connectivity index (χ1v) is 6.54. The van der Waals surface area contributed by atoms with Gasteiger partial charge in [-0.2, -0.15) is 0 Å². The third-order valence-electron chi connectivity index (χ3n) is 3.52. The molecular formula is C16H12FN3O2. The van der Waals surface area contributed by atoms with E-state index in [-0.39, 0.29) is 11.3 Å². The second kappa shape index (κ2) is 5.07. The lowest BCUT2D eigenvalue weighted by Crippen LogP contribution is -2.28. The van der Waals surface area contributed by atoms with Gasteiger partial charge in [-0.05, 0) is 29.8 Å². The maximum Gasteiger partial charge on any atom is 0.266 e. The Morgan fingerprint density at radius 3 is 2.55 bits per heavy atom. The third-order valence-corrected chi connectivity index (χ3v) is 3.52. The Bertz CT molecular complexity index is 946. The number of rotatable bonds is 2. The first kappa shape index (κ1) is 13.9. The van der Waals surface area contributed by atoms with Gasteiger partial charge < -0.3 is 10.3 Å². The fourth-order valence-corrected chi connectivity index (χ4v) is 2.52. The van der Waals surface area contributed by atoms with Crippen molar-refractivity contribution in [2.75, 3.05) is 0 Å². The number of amides is 1. The number of halogens is 1. The second-order valence-corrected chi connectivity index (χ2v) is 4.86. The molecule has 5 nitrogen and oxygen atoms in total. The number of carbonyl (C=O) groups is 1. The van der Waals surface area contributed by atoms with Crippen molar-refractivity contribution in [3.05, 3.63) is 64.5 Å². The standard InChI is InChI=1S/C16H12FN3O2/c1-20-14(15(18)21)12(9-4-6-10(17)7-5-9)13-11(16(20)22)3-2-8-19-13/h2-8H,1H3,(H2,18,21). The highest BCUT2D eigenvalue weighted by molar-refractivity contribution is 6.06. The number of benzene rings is 1. The number of pyridine rings is 2. The molecule has 0 radical (unpaired) electrons. The Hall–Kier alpha value is -3.02. The van der Waals surface area contributed by atoms with Crippen LogP contribution < -0.4 is 11.3 Å². The van der Waals surface area contributed by atoms with Gasteiger partial charge in [0.05, 0.1) is 10.9 Å². The quantitative estimate of drug-likeness (QED) is 0.784. The molecule has 2 aromatic heterocycles. The van der Waals surface area contributed by atoms with Crippen LogP contribution in [0.4, 0.5) is 4.39 Å². The van der Waals surface area contributed by atoms with Crippen LogP contribution in [0, 0.1) is 5.82 Å². The van der Waals surface area contributed by atoms with Crippen molar-refractivity contribution in [3.8, 4) is 11.1 Å². The number of nitrogens with zero attached hydrogens (tertiary/aromatic N) is 2. The zero-order valence-corrected chi connectivity index (χ0v) is 11.7. The van der Waals surface area contributed by atoms with E-state index in [0.29, 0.717) is 22.0 Å². The van der Waals surface area contributed by atoms with E-state index < -0.39 is 11.7 Å². The molecule has 6 heteroatoms. The third kappa shape index (κ3) is 2.05. The summed E-state index contributed by atoms with van der Waals surface area (Å²) in [6.45, 7) is 0. The van der Waals surface area contributed by atoms with Crippen LogP contribution in [0.25, 0.3) is 22.0 Å². The minimum absolute atomic E-state index is 0.0443. The first-order chi connectivity index (χ1) is 10.5. The highest BCUT2D eigenvalue weighted by atomic mass is 19.1. The summed E-state index contributed by atoms with van der Waals surface area (Å²) in [7, 11) is 1.47. The summed E-state index contributed by atoms with van der Waals surface area (Å²) in [6, 6.07) is 8.87. The monoisotopic (exact) mass is 297 g/mol. The molecule has 2 N–H and O–H groups in total. The SMILES string of the molecule is Cn1c(C(N)=O)c(-c2ccc(F)cc2)c2ncccc2c1=O. The fraction of sp³-hybridized carbons (Fsp3) is 0.0625. The van der Waals surface area contributed by atoms with Gasteiger partial charge in [-0.3, -0.25) is 14.6 Å². The van der Waals surface area contributed by atoms with Crippen molar-refractivity contribution in [2.45, 2.75) is 0 Å². The van der Waals surface area contributed by atoms with Crippen molar-refractivity contribution in [1.82, 2.24) is 9.55 Å². The molecule has 1 amide bonds. The molecule has 0 bridgehead atoms. The van der Waals surface area contributed by atoms with E-state index in [9.17, 15) is 14.0 Å². The second-order valence-electron chi connectivity index (χ2n) is 4.86. The van der Waals surface area contributed by atoms with Crippen molar-refractivity contribution >= 4 is 16.8 Å². The van der Waals surface area contributed by atoms with E-state index in [1.165, 1.54) is 42.1 Å². The largest absolute Gasteiger partial charge is 0.364 e. The molecule has 3 aromatic rings. The van der Waals surface area contributed by atoms with E-state index in [1.54, 1.807) is 12.1 Å². The number of fused-ring (bicyclic) bond motifs is 1. The lowest BCUT2D eigenvalue weighted by molar-refractivity contribution is 0.0992. The molecular weight excluding hydrogens is 285 g/mol. The molecule has 0 aliphatic heterocycles. The molecule has 3 rings (SSSR count). The summed E-state index contributed by atoms with van der Waals surface area (Å²) in [5.41, 5.74) is 6.48. The van der Waals surface area contributed by atoms with Gasteiger partial charge >= 0.3 is 0 Å². The van der Waals surface area contributed by atoms with Crippen LogP contribution >= 0.6 is 0 Å². The molecule has 22 heavy (non-hydrogen) atoms. The lowest BCUT2D eigenvalue weighted by Gasteiger charge is -2.14. The van der Waals surface area contributed by atoms with Gasteiger partial charge in [0.15, 0.2) is 0 Å². The molecule has 0 aliphatic carbocycles. The Balaban J connectivity index is 2.53. The van der Waals surface area contributed by atoms with Crippen LogP contribution in [0.15, 0.2) is 47.4 Å². The van der Waals surface area contributed by atoms with E-state index in [0.717, 1.165) is 0 Å².